The van der Waals surface area contributed by atoms with Crippen molar-refractivity contribution in [3.05, 3.63) is 45.7 Å². The third-order valence-electron chi connectivity index (χ3n) is 2.39. The normalized spacial score (nSPS) is 11.5. The average molecular weight is 361 g/mol. The zero-order chi connectivity index (χ0) is 13.9. The second kappa shape index (κ2) is 6.04. The molecule has 0 aliphatic heterocycles. The molecular weight excluding hydrogens is 348 g/mol. The number of hydrogen-bond acceptors (Lipinski definition) is 4. The summed E-state index contributed by atoms with van der Waals surface area (Å²) in [5, 5.41) is 4.76. The summed E-state index contributed by atoms with van der Waals surface area (Å²) in [5.74, 6) is 0. The molecule has 0 fully saturated rings. The fourth-order valence-electron chi connectivity index (χ4n) is 1.62. The van der Waals surface area contributed by atoms with E-state index < -0.39 is 10.0 Å². The van der Waals surface area contributed by atoms with Crippen LogP contribution >= 0.6 is 27.3 Å². The van der Waals surface area contributed by atoms with Gasteiger partial charge >= 0.3 is 0 Å². The van der Waals surface area contributed by atoms with Crippen molar-refractivity contribution >= 4 is 43.0 Å². The molecule has 1 aromatic carbocycles. The number of rotatable bonds is 5. The zero-order valence-corrected chi connectivity index (χ0v) is 13.4. The van der Waals surface area contributed by atoms with Gasteiger partial charge in [-0.1, -0.05) is 12.1 Å². The summed E-state index contributed by atoms with van der Waals surface area (Å²) >= 11 is 4.42. The molecule has 2 rings (SSSR count). The van der Waals surface area contributed by atoms with Crippen molar-refractivity contribution in [3.8, 4) is 0 Å². The quantitative estimate of drug-likeness (QED) is 0.861. The lowest BCUT2D eigenvalue weighted by atomic mass is 10.2. The van der Waals surface area contributed by atoms with Crippen LogP contribution in [-0.4, -0.2) is 15.5 Å². The van der Waals surface area contributed by atoms with Crippen molar-refractivity contribution in [2.75, 3.05) is 11.8 Å². The van der Waals surface area contributed by atoms with Gasteiger partial charge in [-0.15, -0.1) is 11.3 Å². The van der Waals surface area contributed by atoms with Crippen LogP contribution in [0.2, 0.25) is 0 Å². The minimum atomic E-state index is -3.53. The highest BCUT2D eigenvalue weighted by molar-refractivity contribution is 9.10. The molecule has 1 aromatic heterocycles. The Labute approximate surface area is 125 Å². The van der Waals surface area contributed by atoms with Crippen LogP contribution < -0.4 is 10.0 Å². The SMILES string of the molecule is CNCc1cccc(NS(=O)(=O)c2sccc2Br)c1. The fourth-order valence-corrected chi connectivity index (χ4v) is 5.01. The molecule has 2 aromatic rings. The van der Waals surface area contributed by atoms with E-state index in [0.717, 1.165) is 5.56 Å². The van der Waals surface area contributed by atoms with Gasteiger partial charge < -0.3 is 5.32 Å². The Hall–Kier alpha value is -0.890. The van der Waals surface area contributed by atoms with E-state index in [0.29, 0.717) is 16.7 Å². The van der Waals surface area contributed by atoms with Gasteiger partial charge in [-0.05, 0) is 52.1 Å². The summed E-state index contributed by atoms with van der Waals surface area (Å²) in [7, 11) is -1.68. The van der Waals surface area contributed by atoms with Gasteiger partial charge in [0.05, 0.1) is 0 Å². The molecule has 0 saturated heterocycles. The first kappa shape index (κ1) is 14.5. The van der Waals surface area contributed by atoms with Gasteiger partial charge in [0, 0.05) is 16.7 Å². The van der Waals surface area contributed by atoms with Crippen molar-refractivity contribution in [2.24, 2.45) is 0 Å². The first-order chi connectivity index (χ1) is 9.03. The third-order valence-corrected chi connectivity index (χ3v) is 6.44. The molecule has 102 valence electrons. The van der Waals surface area contributed by atoms with Gasteiger partial charge in [0.25, 0.3) is 10.0 Å². The van der Waals surface area contributed by atoms with Crippen LogP contribution in [0.3, 0.4) is 0 Å². The molecular formula is C12H13BrN2O2S2. The number of hydrogen-bond donors (Lipinski definition) is 2. The topological polar surface area (TPSA) is 58.2 Å². The second-order valence-electron chi connectivity index (χ2n) is 3.89. The van der Waals surface area contributed by atoms with E-state index in [2.05, 4.69) is 26.0 Å². The van der Waals surface area contributed by atoms with Crippen molar-refractivity contribution in [1.82, 2.24) is 5.32 Å². The van der Waals surface area contributed by atoms with E-state index >= 15 is 0 Å². The van der Waals surface area contributed by atoms with E-state index in [9.17, 15) is 8.42 Å². The molecule has 0 radical (unpaired) electrons. The Kier molecular flexibility index (Phi) is 4.62. The number of thiophene rings is 1. The standard InChI is InChI=1S/C12H13BrN2O2S2/c1-14-8-9-3-2-4-10(7-9)15-19(16,17)12-11(13)5-6-18-12/h2-7,14-15H,8H2,1H3. The summed E-state index contributed by atoms with van der Waals surface area (Å²) in [4.78, 5) is 0. The Morgan fingerprint density at radius 3 is 2.74 bits per heavy atom. The van der Waals surface area contributed by atoms with Gasteiger partial charge in [-0.25, -0.2) is 8.42 Å². The third kappa shape index (κ3) is 3.56. The van der Waals surface area contributed by atoms with Crippen LogP contribution in [-0.2, 0) is 16.6 Å². The summed E-state index contributed by atoms with van der Waals surface area (Å²) in [5.41, 5.74) is 1.58. The number of sulfonamides is 1. The zero-order valence-electron chi connectivity index (χ0n) is 10.2. The molecule has 0 aliphatic carbocycles. The molecule has 2 N–H and O–H groups in total. The lowest BCUT2D eigenvalue weighted by molar-refractivity contribution is 0.603. The number of anilines is 1. The minimum Gasteiger partial charge on any atom is -0.316 e. The minimum absolute atomic E-state index is 0.284. The van der Waals surface area contributed by atoms with Crippen LogP contribution in [0.25, 0.3) is 0 Å². The Morgan fingerprint density at radius 1 is 1.32 bits per heavy atom. The first-order valence-electron chi connectivity index (χ1n) is 5.52. The molecule has 0 saturated carbocycles. The predicted octanol–water partition coefficient (Wildman–Crippen LogP) is 3.03. The summed E-state index contributed by atoms with van der Waals surface area (Å²) < 4.78 is 27.9. The van der Waals surface area contributed by atoms with Crippen LogP contribution in [0.15, 0.2) is 44.4 Å². The fraction of sp³-hybridized carbons (Fsp3) is 0.167. The maximum Gasteiger partial charge on any atom is 0.272 e. The predicted molar refractivity (Wildman–Crippen MR) is 82.0 cm³/mol. The number of nitrogens with one attached hydrogen (secondary N) is 2. The van der Waals surface area contributed by atoms with Gasteiger partial charge in [-0.3, -0.25) is 4.72 Å². The first-order valence-corrected chi connectivity index (χ1v) is 8.68. The van der Waals surface area contributed by atoms with Crippen molar-refractivity contribution < 1.29 is 8.42 Å². The van der Waals surface area contributed by atoms with E-state index in [4.69, 9.17) is 0 Å². The molecule has 0 unspecified atom stereocenters. The molecule has 1 heterocycles. The highest BCUT2D eigenvalue weighted by atomic mass is 79.9. The molecule has 0 aliphatic rings. The molecule has 0 amide bonds. The second-order valence-corrected chi connectivity index (χ2v) is 7.54. The summed E-state index contributed by atoms with van der Waals surface area (Å²) in [6.07, 6.45) is 0. The molecule has 0 atom stereocenters. The molecule has 4 nitrogen and oxygen atoms in total. The highest BCUT2D eigenvalue weighted by Gasteiger charge is 2.19. The Balaban J connectivity index is 2.26. The van der Waals surface area contributed by atoms with Gasteiger partial charge in [0.1, 0.15) is 0 Å². The number of halogens is 1. The largest absolute Gasteiger partial charge is 0.316 e. The van der Waals surface area contributed by atoms with Crippen molar-refractivity contribution in [3.63, 3.8) is 0 Å². The maximum atomic E-state index is 12.2. The van der Waals surface area contributed by atoms with E-state index in [1.165, 1.54) is 11.3 Å². The maximum absolute atomic E-state index is 12.2. The van der Waals surface area contributed by atoms with E-state index in [-0.39, 0.29) is 4.21 Å². The van der Waals surface area contributed by atoms with Crippen LogP contribution in [0.5, 0.6) is 0 Å². The van der Waals surface area contributed by atoms with Crippen molar-refractivity contribution in [2.45, 2.75) is 10.8 Å². The molecule has 19 heavy (non-hydrogen) atoms. The van der Waals surface area contributed by atoms with Crippen LogP contribution in [0.4, 0.5) is 5.69 Å². The summed E-state index contributed by atoms with van der Waals surface area (Å²) in [6, 6.07) is 9.04. The highest BCUT2D eigenvalue weighted by Crippen LogP contribution is 2.29. The molecule has 7 heteroatoms. The van der Waals surface area contributed by atoms with Crippen LogP contribution in [0.1, 0.15) is 5.56 Å². The van der Waals surface area contributed by atoms with Crippen molar-refractivity contribution in [1.29, 1.82) is 0 Å². The average Bonchev–Trinajstić information content (AvgIpc) is 2.76. The summed E-state index contributed by atoms with van der Waals surface area (Å²) in [6.45, 7) is 0.693. The Morgan fingerprint density at radius 2 is 2.11 bits per heavy atom. The monoisotopic (exact) mass is 360 g/mol. The Bertz CT molecular complexity index is 668. The van der Waals surface area contributed by atoms with E-state index in [1.54, 1.807) is 17.5 Å². The smallest absolute Gasteiger partial charge is 0.272 e. The van der Waals surface area contributed by atoms with Gasteiger partial charge in [0.2, 0.25) is 0 Å². The molecule has 0 bridgehead atoms. The lowest BCUT2D eigenvalue weighted by Gasteiger charge is -2.08. The van der Waals surface area contributed by atoms with Crippen LogP contribution in [0, 0.1) is 0 Å². The molecule has 0 spiro atoms. The van der Waals surface area contributed by atoms with E-state index in [1.807, 2.05) is 25.2 Å². The van der Waals surface area contributed by atoms with Gasteiger partial charge in [0.15, 0.2) is 4.21 Å². The number of benzene rings is 1. The van der Waals surface area contributed by atoms with Gasteiger partial charge in [-0.2, -0.15) is 0 Å². The lowest BCUT2D eigenvalue weighted by Crippen LogP contribution is -2.12.